The first-order valence-corrected chi connectivity index (χ1v) is 8.60. The van der Waals surface area contributed by atoms with Gasteiger partial charge in [-0.1, -0.05) is 18.2 Å². The lowest BCUT2D eigenvalue weighted by Crippen LogP contribution is -2.13. The van der Waals surface area contributed by atoms with Crippen LogP contribution in [0.3, 0.4) is 0 Å². The highest BCUT2D eigenvalue weighted by Crippen LogP contribution is 2.18. The zero-order valence-electron chi connectivity index (χ0n) is 15.5. The third-order valence-corrected chi connectivity index (χ3v) is 4.36. The van der Waals surface area contributed by atoms with Crippen LogP contribution in [0.4, 0.5) is 5.69 Å². The van der Waals surface area contributed by atoms with Crippen LogP contribution in [-0.4, -0.2) is 21.7 Å². The Morgan fingerprint density at radius 3 is 2.30 bits per heavy atom. The zero-order valence-corrected chi connectivity index (χ0v) is 15.5. The zero-order chi connectivity index (χ0) is 19.4. The van der Waals surface area contributed by atoms with Gasteiger partial charge in [-0.2, -0.15) is 5.10 Å². The Bertz CT molecular complexity index is 960. The van der Waals surface area contributed by atoms with Gasteiger partial charge in [0.1, 0.15) is 5.75 Å². The fraction of sp³-hybridized carbons (Fsp3) is 0.190. The molecule has 3 aromatic rings. The monoisotopic (exact) mass is 363 g/mol. The van der Waals surface area contributed by atoms with Crippen LogP contribution < -0.4 is 10.1 Å². The van der Waals surface area contributed by atoms with Crippen LogP contribution in [0.5, 0.6) is 5.75 Å². The van der Waals surface area contributed by atoms with E-state index < -0.39 is 0 Å². The third kappa shape index (κ3) is 4.41. The minimum atomic E-state index is -0.352. The second kappa shape index (κ2) is 7.86. The maximum absolute atomic E-state index is 12.2. The average molecular weight is 363 g/mol. The molecule has 0 saturated carbocycles. The SMILES string of the molecule is Cc1nn(C)c(C)c1CC(=O)Oc1ccc(NC(=O)c2ccccc2)cc1. The summed E-state index contributed by atoms with van der Waals surface area (Å²) in [6, 6.07) is 15.7. The second-order valence-electron chi connectivity index (χ2n) is 6.27. The number of anilines is 1. The molecule has 0 spiro atoms. The number of nitrogens with zero attached hydrogens (tertiary/aromatic N) is 2. The van der Waals surface area contributed by atoms with E-state index in [0.29, 0.717) is 17.0 Å². The van der Waals surface area contributed by atoms with E-state index in [2.05, 4.69) is 10.4 Å². The first kappa shape index (κ1) is 18.4. The smallest absolute Gasteiger partial charge is 0.315 e. The minimum absolute atomic E-state index is 0.165. The van der Waals surface area contributed by atoms with Crippen LogP contribution in [-0.2, 0) is 18.3 Å². The lowest BCUT2D eigenvalue weighted by atomic mass is 10.1. The highest BCUT2D eigenvalue weighted by atomic mass is 16.5. The Balaban J connectivity index is 1.60. The number of aromatic nitrogens is 2. The first-order valence-electron chi connectivity index (χ1n) is 8.60. The molecule has 0 bridgehead atoms. The molecular formula is C21H21N3O3. The van der Waals surface area contributed by atoms with Crippen molar-refractivity contribution >= 4 is 17.6 Å². The van der Waals surface area contributed by atoms with Gasteiger partial charge in [0.05, 0.1) is 12.1 Å². The van der Waals surface area contributed by atoms with E-state index in [9.17, 15) is 9.59 Å². The normalized spacial score (nSPS) is 10.5. The van der Waals surface area contributed by atoms with E-state index in [1.165, 1.54) is 0 Å². The van der Waals surface area contributed by atoms with Crippen molar-refractivity contribution in [1.82, 2.24) is 9.78 Å². The number of hydrogen-bond donors (Lipinski definition) is 1. The number of carbonyl (C=O) groups excluding carboxylic acids is 2. The molecule has 0 saturated heterocycles. The number of amides is 1. The van der Waals surface area contributed by atoms with E-state index in [1.54, 1.807) is 41.1 Å². The lowest BCUT2D eigenvalue weighted by Gasteiger charge is -2.08. The summed E-state index contributed by atoms with van der Waals surface area (Å²) in [5.74, 6) is -0.116. The highest BCUT2D eigenvalue weighted by molar-refractivity contribution is 6.04. The fourth-order valence-electron chi connectivity index (χ4n) is 2.78. The molecule has 1 aromatic heterocycles. The van der Waals surface area contributed by atoms with E-state index >= 15 is 0 Å². The number of aryl methyl sites for hydroxylation is 2. The molecule has 0 aliphatic heterocycles. The molecule has 1 N–H and O–H groups in total. The Kier molecular flexibility index (Phi) is 5.35. The van der Waals surface area contributed by atoms with Crippen molar-refractivity contribution in [2.45, 2.75) is 20.3 Å². The number of rotatable bonds is 5. The summed E-state index contributed by atoms with van der Waals surface area (Å²) in [4.78, 5) is 24.4. The molecule has 1 heterocycles. The molecule has 3 rings (SSSR count). The summed E-state index contributed by atoms with van der Waals surface area (Å²) in [5.41, 5.74) is 3.86. The van der Waals surface area contributed by atoms with Crippen molar-refractivity contribution in [2.24, 2.45) is 7.05 Å². The number of benzene rings is 2. The predicted molar refractivity (Wildman–Crippen MR) is 103 cm³/mol. The van der Waals surface area contributed by atoms with Crippen LogP contribution in [0.25, 0.3) is 0 Å². The van der Waals surface area contributed by atoms with Gasteiger partial charge in [0.2, 0.25) is 0 Å². The van der Waals surface area contributed by atoms with Gasteiger partial charge in [-0.05, 0) is 50.2 Å². The highest BCUT2D eigenvalue weighted by Gasteiger charge is 2.15. The van der Waals surface area contributed by atoms with Crippen LogP contribution in [0.15, 0.2) is 54.6 Å². The minimum Gasteiger partial charge on any atom is -0.426 e. The van der Waals surface area contributed by atoms with Crippen molar-refractivity contribution in [3.8, 4) is 5.75 Å². The second-order valence-corrected chi connectivity index (χ2v) is 6.27. The van der Waals surface area contributed by atoms with E-state index in [0.717, 1.165) is 17.0 Å². The summed E-state index contributed by atoms with van der Waals surface area (Å²) in [6.45, 7) is 3.80. The molecule has 0 atom stereocenters. The van der Waals surface area contributed by atoms with Crippen molar-refractivity contribution in [3.63, 3.8) is 0 Å². The Morgan fingerprint density at radius 2 is 1.70 bits per heavy atom. The van der Waals surface area contributed by atoms with E-state index in [-0.39, 0.29) is 18.3 Å². The summed E-state index contributed by atoms with van der Waals surface area (Å²) < 4.78 is 7.15. The maximum atomic E-state index is 12.2. The van der Waals surface area contributed by atoms with Crippen LogP contribution in [0, 0.1) is 13.8 Å². The molecule has 6 heteroatoms. The Labute approximate surface area is 157 Å². The molecule has 0 radical (unpaired) electrons. The number of esters is 1. The van der Waals surface area contributed by atoms with Gasteiger partial charge in [0.25, 0.3) is 5.91 Å². The number of ether oxygens (including phenoxy) is 1. The summed E-state index contributed by atoms with van der Waals surface area (Å²) in [7, 11) is 1.85. The van der Waals surface area contributed by atoms with Crippen molar-refractivity contribution in [2.75, 3.05) is 5.32 Å². The van der Waals surface area contributed by atoms with Crippen molar-refractivity contribution in [1.29, 1.82) is 0 Å². The first-order chi connectivity index (χ1) is 12.9. The van der Waals surface area contributed by atoms with Gasteiger partial charge in [-0.3, -0.25) is 14.3 Å². The molecule has 27 heavy (non-hydrogen) atoms. The van der Waals surface area contributed by atoms with Crippen molar-refractivity contribution in [3.05, 3.63) is 77.1 Å². The molecule has 2 aromatic carbocycles. The molecule has 1 amide bonds. The summed E-state index contributed by atoms with van der Waals surface area (Å²) in [5, 5.41) is 7.11. The van der Waals surface area contributed by atoms with E-state index in [1.807, 2.05) is 39.1 Å². The molecule has 0 fully saturated rings. The number of carbonyl (C=O) groups is 2. The molecular weight excluding hydrogens is 342 g/mol. The maximum Gasteiger partial charge on any atom is 0.315 e. The van der Waals surface area contributed by atoms with Crippen LogP contribution >= 0.6 is 0 Å². The molecule has 138 valence electrons. The number of hydrogen-bond acceptors (Lipinski definition) is 4. The van der Waals surface area contributed by atoms with Crippen LogP contribution in [0.1, 0.15) is 27.3 Å². The summed E-state index contributed by atoms with van der Waals surface area (Å²) in [6.07, 6.45) is 0.165. The fourth-order valence-corrected chi connectivity index (χ4v) is 2.78. The summed E-state index contributed by atoms with van der Waals surface area (Å²) >= 11 is 0. The standard InChI is InChI=1S/C21H21N3O3/c1-14-19(15(2)24(3)23-14)13-20(25)27-18-11-9-17(10-12-18)22-21(26)16-7-5-4-6-8-16/h4-12H,13H2,1-3H3,(H,22,26). The van der Waals surface area contributed by atoms with Crippen LogP contribution in [0.2, 0.25) is 0 Å². The van der Waals surface area contributed by atoms with E-state index in [4.69, 9.17) is 4.74 Å². The van der Waals surface area contributed by atoms with Gasteiger partial charge in [0, 0.05) is 29.6 Å². The van der Waals surface area contributed by atoms with Gasteiger partial charge in [-0.15, -0.1) is 0 Å². The Morgan fingerprint density at radius 1 is 1.04 bits per heavy atom. The molecule has 0 unspecified atom stereocenters. The van der Waals surface area contributed by atoms with Gasteiger partial charge in [0.15, 0.2) is 0 Å². The predicted octanol–water partition coefficient (Wildman–Crippen LogP) is 3.44. The molecule has 0 aliphatic rings. The number of nitrogens with one attached hydrogen (secondary N) is 1. The third-order valence-electron chi connectivity index (χ3n) is 4.36. The topological polar surface area (TPSA) is 73.2 Å². The average Bonchev–Trinajstić information content (AvgIpc) is 2.90. The van der Waals surface area contributed by atoms with Gasteiger partial charge >= 0.3 is 5.97 Å². The largest absolute Gasteiger partial charge is 0.426 e. The van der Waals surface area contributed by atoms with Crippen molar-refractivity contribution < 1.29 is 14.3 Å². The quantitative estimate of drug-likeness (QED) is 0.557. The van der Waals surface area contributed by atoms with Gasteiger partial charge in [-0.25, -0.2) is 0 Å². The Hall–Kier alpha value is -3.41. The molecule has 0 aliphatic carbocycles. The lowest BCUT2D eigenvalue weighted by molar-refractivity contribution is -0.133. The molecule has 6 nitrogen and oxygen atoms in total. The van der Waals surface area contributed by atoms with Gasteiger partial charge < -0.3 is 10.1 Å².